The van der Waals surface area contributed by atoms with E-state index in [9.17, 15) is 0 Å². The predicted octanol–water partition coefficient (Wildman–Crippen LogP) is 1.73. The highest BCUT2D eigenvalue weighted by Crippen LogP contribution is 2.29. The van der Waals surface area contributed by atoms with Gasteiger partial charge in [-0.05, 0) is 6.92 Å². The van der Waals surface area contributed by atoms with E-state index in [0.717, 1.165) is 17.8 Å². The molecule has 0 spiro atoms. The first-order valence-electron chi connectivity index (χ1n) is 6.41. The Bertz CT molecular complexity index is 725. The van der Waals surface area contributed by atoms with E-state index in [-0.39, 0.29) is 0 Å². The molecule has 0 atom stereocenters. The van der Waals surface area contributed by atoms with Gasteiger partial charge in [0.1, 0.15) is 5.69 Å². The first kappa shape index (κ1) is 12.3. The molecule has 3 rings (SSSR count). The molecule has 2 aromatic heterocycles. The lowest BCUT2D eigenvalue weighted by Crippen LogP contribution is -2.13. The van der Waals surface area contributed by atoms with Crippen LogP contribution in [0.4, 0.5) is 5.82 Å². The first-order chi connectivity index (χ1) is 9.72. The normalized spacial score (nSPS) is 10.8. The lowest BCUT2D eigenvalue weighted by Gasteiger charge is -2.03. The standard InChI is InChI=1S/C14H16N6/c1-2-19-9-17-8-11(19)12-13(15)20(16)14(18-12)10-6-4-3-5-7-10/h3-9H,2,15-16H2,1H3. The number of hydrogen-bond acceptors (Lipinski definition) is 4. The van der Waals surface area contributed by atoms with Crippen LogP contribution in [0.3, 0.4) is 0 Å². The molecule has 0 saturated heterocycles. The van der Waals surface area contributed by atoms with Crippen LogP contribution < -0.4 is 11.6 Å². The highest BCUT2D eigenvalue weighted by atomic mass is 15.4. The number of hydrogen-bond donors (Lipinski definition) is 2. The van der Waals surface area contributed by atoms with Crippen molar-refractivity contribution in [2.24, 2.45) is 0 Å². The van der Waals surface area contributed by atoms with Gasteiger partial charge in [-0.2, -0.15) is 0 Å². The van der Waals surface area contributed by atoms with Crippen molar-refractivity contribution in [1.29, 1.82) is 0 Å². The lowest BCUT2D eigenvalue weighted by molar-refractivity contribution is 0.767. The number of aromatic nitrogens is 4. The van der Waals surface area contributed by atoms with E-state index in [0.29, 0.717) is 17.3 Å². The molecule has 102 valence electrons. The minimum absolute atomic E-state index is 0.430. The summed E-state index contributed by atoms with van der Waals surface area (Å²) >= 11 is 0. The van der Waals surface area contributed by atoms with Gasteiger partial charge in [-0.25, -0.2) is 14.6 Å². The summed E-state index contributed by atoms with van der Waals surface area (Å²) in [4.78, 5) is 8.72. The van der Waals surface area contributed by atoms with E-state index in [1.807, 2.05) is 41.8 Å². The molecule has 0 aliphatic carbocycles. The Kier molecular flexibility index (Phi) is 2.90. The third-order valence-corrected chi connectivity index (χ3v) is 3.28. The van der Waals surface area contributed by atoms with Crippen LogP contribution in [0.25, 0.3) is 22.8 Å². The molecule has 2 heterocycles. The van der Waals surface area contributed by atoms with E-state index in [1.54, 1.807) is 12.5 Å². The molecule has 6 heteroatoms. The van der Waals surface area contributed by atoms with Crippen molar-refractivity contribution >= 4 is 5.82 Å². The van der Waals surface area contributed by atoms with Gasteiger partial charge in [0, 0.05) is 12.1 Å². The second-order valence-corrected chi connectivity index (χ2v) is 4.47. The Labute approximate surface area is 116 Å². The van der Waals surface area contributed by atoms with Gasteiger partial charge >= 0.3 is 0 Å². The molecule has 0 fully saturated rings. The van der Waals surface area contributed by atoms with Crippen LogP contribution in [-0.4, -0.2) is 19.2 Å². The van der Waals surface area contributed by atoms with Crippen LogP contribution in [0.2, 0.25) is 0 Å². The smallest absolute Gasteiger partial charge is 0.161 e. The van der Waals surface area contributed by atoms with Crippen molar-refractivity contribution in [2.45, 2.75) is 13.5 Å². The summed E-state index contributed by atoms with van der Waals surface area (Å²) in [5.41, 5.74) is 8.54. The first-order valence-corrected chi connectivity index (χ1v) is 6.41. The Morgan fingerprint density at radius 3 is 2.65 bits per heavy atom. The van der Waals surface area contributed by atoms with Gasteiger partial charge in [-0.1, -0.05) is 30.3 Å². The van der Waals surface area contributed by atoms with Crippen molar-refractivity contribution in [2.75, 3.05) is 11.6 Å². The maximum Gasteiger partial charge on any atom is 0.161 e. The molecule has 0 unspecified atom stereocenters. The predicted molar refractivity (Wildman–Crippen MR) is 79.1 cm³/mol. The Hall–Kier alpha value is -2.76. The van der Waals surface area contributed by atoms with E-state index >= 15 is 0 Å². The van der Waals surface area contributed by atoms with Gasteiger partial charge in [-0.15, -0.1) is 0 Å². The van der Waals surface area contributed by atoms with Crippen molar-refractivity contribution in [3.63, 3.8) is 0 Å². The average Bonchev–Trinajstić information content (AvgIpc) is 3.06. The number of anilines is 1. The van der Waals surface area contributed by atoms with Crippen molar-refractivity contribution in [3.05, 3.63) is 42.9 Å². The van der Waals surface area contributed by atoms with Crippen LogP contribution in [0.1, 0.15) is 6.92 Å². The molecule has 0 saturated carbocycles. The average molecular weight is 268 g/mol. The number of nitrogens with zero attached hydrogens (tertiary/aromatic N) is 4. The molecule has 0 aliphatic rings. The van der Waals surface area contributed by atoms with E-state index in [2.05, 4.69) is 9.97 Å². The zero-order chi connectivity index (χ0) is 14.1. The Morgan fingerprint density at radius 2 is 1.95 bits per heavy atom. The number of nitrogen functional groups attached to an aromatic ring is 2. The Morgan fingerprint density at radius 1 is 1.20 bits per heavy atom. The highest BCUT2D eigenvalue weighted by Gasteiger charge is 2.18. The summed E-state index contributed by atoms with van der Waals surface area (Å²) < 4.78 is 3.39. The minimum Gasteiger partial charge on any atom is -0.382 e. The fourth-order valence-electron chi connectivity index (χ4n) is 2.19. The molecule has 4 N–H and O–H groups in total. The minimum atomic E-state index is 0.430. The quantitative estimate of drug-likeness (QED) is 0.708. The maximum absolute atomic E-state index is 6.09. The zero-order valence-corrected chi connectivity index (χ0v) is 11.2. The van der Waals surface area contributed by atoms with Crippen molar-refractivity contribution in [1.82, 2.24) is 19.2 Å². The fraction of sp³-hybridized carbons (Fsp3) is 0.143. The van der Waals surface area contributed by atoms with E-state index in [4.69, 9.17) is 11.6 Å². The monoisotopic (exact) mass is 268 g/mol. The topological polar surface area (TPSA) is 87.7 Å². The maximum atomic E-state index is 6.09. The van der Waals surface area contributed by atoms with Crippen LogP contribution >= 0.6 is 0 Å². The summed E-state index contributed by atoms with van der Waals surface area (Å²) in [6.45, 7) is 2.84. The van der Waals surface area contributed by atoms with Crippen LogP contribution in [-0.2, 0) is 6.54 Å². The number of imidazole rings is 2. The van der Waals surface area contributed by atoms with Crippen molar-refractivity contribution in [3.8, 4) is 22.8 Å². The number of benzene rings is 1. The Balaban J connectivity index is 2.16. The summed E-state index contributed by atoms with van der Waals surface area (Å²) in [6, 6.07) is 9.73. The summed E-state index contributed by atoms with van der Waals surface area (Å²) in [5, 5.41) is 0. The van der Waals surface area contributed by atoms with Gasteiger partial charge in [0.05, 0.1) is 18.2 Å². The zero-order valence-electron chi connectivity index (χ0n) is 11.2. The molecule has 0 bridgehead atoms. The molecule has 20 heavy (non-hydrogen) atoms. The molecule has 0 amide bonds. The van der Waals surface area contributed by atoms with Crippen LogP contribution in [0.15, 0.2) is 42.9 Å². The SMILES string of the molecule is CCn1cncc1-c1nc(-c2ccccc2)n(N)c1N. The molecule has 1 aromatic carbocycles. The molecule has 0 radical (unpaired) electrons. The molecule has 0 aliphatic heterocycles. The number of aryl methyl sites for hydroxylation is 1. The second-order valence-electron chi connectivity index (χ2n) is 4.47. The van der Waals surface area contributed by atoms with E-state index < -0.39 is 0 Å². The highest BCUT2D eigenvalue weighted by molar-refractivity contribution is 5.73. The lowest BCUT2D eigenvalue weighted by atomic mass is 10.2. The molecular formula is C14H16N6. The number of rotatable bonds is 3. The molecular weight excluding hydrogens is 252 g/mol. The summed E-state index contributed by atoms with van der Waals surface area (Å²) in [5.74, 6) is 7.10. The summed E-state index contributed by atoms with van der Waals surface area (Å²) in [6.07, 6.45) is 3.50. The third-order valence-electron chi connectivity index (χ3n) is 3.28. The summed E-state index contributed by atoms with van der Waals surface area (Å²) in [7, 11) is 0. The van der Waals surface area contributed by atoms with Gasteiger partial charge in [-0.3, -0.25) is 0 Å². The van der Waals surface area contributed by atoms with Gasteiger partial charge in [0.25, 0.3) is 0 Å². The largest absolute Gasteiger partial charge is 0.382 e. The van der Waals surface area contributed by atoms with E-state index in [1.165, 1.54) is 4.68 Å². The van der Waals surface area contributed by atoms with Gasteiger partial charge in [0.15, 0.2) is 11.6 Å². The second kappa shape index (κ2) is 4.73. The number of nitrogens with two attached hydrogens (primary N) is 2. The van der Waals surface area contributed by atoms with Crippen LogP contribution in [0.5, 0.6) is 0 Å². The van der Waals surface area contributed by atoms with Gasteiger partial charge in [0.2, 0.25) is 0 Å². The molecule has 6 nitrogen and oxygen atoms in total. The fourth-order valence-corrected chi connectivity index (χ4v) is 2.19. The third kappa shape index (κ3) is 1.82. The van der Waals surface area contributed by atoms with Crippen molar-refractivity contribution < 1.29 is 0 Å². The van der Waals surface area contributed by atoms with Crippen LogP contribution in [0, 0.1) is 0 Å². The molecule has 3 aromatic rings. The van der Waals surface area contributed by atoms with Gasteiger partial charge < -0.3 is 16.1 Å².